The number of carboxylic acid groups (broad SMARTS) is 1. The van der Waals surface area contributed by atoms with E-state index in [-0.39, 0.29) is 37.6 Å². The van der Waals surface area contributed by atoms with Gasteiger partial charge in [-0.25, -0.2) is 9.18 Å². The van der Waals surface area contributed by atoms with E-state index in [4.69, 9.17) is 5.11 Å². The zero-order valence-electron chi connectivity index (χ0n) is 11.2. The Morgan fingerprint density at radius 3 is 2.42 bits per heavy atom. The Kier molecular flexibility index (Phi) is 4.85. The number of rotatable bonds is 5. The second-order valence-electron chi connectivity index (χ2n) is 4.98. The summed E-state index contributed by atoms with van der Waals surface area (Å²) in [6, 6.07) is 0. The summed E-state index contributed by atoms with van der Waals surface area (Å²) in [5, 5.41) is 8.72. The van der Waals surface area contributed by atoms with Gasteiger partial charge in [0.1, 0.15) is 0 Å². The first-order valence-electron chi connectivity index (χ1n) is 6.16. The lowest BCUT2D eigenvalue weighted by Crippen LogP contribution is -2.38. The molecule has 19 heavy (non-hydrogen) atoms. The fraction of sp³-hybridized carbons (Fsp3) is 0.750. The number of amides is 2. The number of likely N-dealkylation sites (tertiary alicyclic amines) is 1. The standard InChI is InChI=1S/C12H19FN2O4/c1-14(2)9(16)4-3-5-10(17)15-7-6-12(13,8-15)11(18)19/h3-8H2,1-2H3,(H,18,19). The maximum Gasteiger partial charge on any atom is 0.343 e. The molecule has 0 aromatic carbocycles. The first-order valence-corrected chi connectivity index (χ1v) is 6.16. The lowest BCUT2D eigenvalue weighted by atomic mass is 10.1. The summed E-state index contributed by atoms with van der Waals surface area (Å²) in [6.45, 7) is -0.286. The van der Waals surface area contributed by atoms with Crippen LogP contribution in [0.4, 0.5) is 4.39 Å². The van der Waals surface area contributed by atoms with Crippen LogP contribution in [0.3, 0.4) is 0 Å². The van der Waals surface area contributed by atoms with E-state index in [1.54, 1.807) is 14.1 Å². The highest BCUT2D eigenvalue weighted by Crippen LogP contribution is 2.26. The van der Waals surface area contributed by atoms with Gasteiger partial charge < -0.3 is 14.9 Å². The molecule has 6 nitrogen and oxygen atoms in total. The Labute approximate surface area is 111 Å². The average Bonchev–Trinajstić information content (AvgIpc) is 2.73. The number of carbonyl (C=O) groups excluding carboxylic acids is 2. The van der Waals surface area contributed by atoms with Crippen molar-refractivity contribution < 1.29 is 23.9 Å². The molecule has 1 aliphatic heterocycles. The minimum Gasteiger partial charge on any atom is -0.479 e. The van der Waals surface area contributed by atoms with Crippen molar-refractivity contribution in [2.45, 2.75) is 31.4 Å². The molecule has 0 aliphatic carbocycles. The fourth-order valence-electron chi connectivity index (χ4n) is 1.93. The van der Waals surface area contributed by atoms with Gasteiger partial charge >= 0.3 is 5.97 Å². The van der Waals surface area contributed by atoms with Gasteiger partial charge in [-0.1, -0.05) is 0 Å². The summed E-state index contributed by atoms with van der Waals surface area (Å²) in [5.74, 6) is -1.89. The number of alkyl halides is 1. The van der Waals surface area contributed by atoms with Crippen molar-refractivity contribution in [3.63, 3.8) is 0 Å². The van der Waals surface area contributed by atoms with E-state index < -0.39 is 18.2 Å². The van der Waals surface area contributed by atoms with E-state index in [1.165, 1.54) is 9.80 Å². The van der Waals surface area contributed by atoms with Gasteiger partial charge in [-0.2, -0.15) is 0 Å². The molecule has 0 bridgehead atoms. The van der Waals surface area contributed by atoms with Crippen LogP contribution in [-0.4, -0.2) is 65.5 Å². The number of nitrogens with zero attached hydrogens (tertiary/aromatic N) is 2. The Hall–Kier alpha value is -1.66. The molecule has 1 unspecified atom stereocenters. The third-order valence-electron chi connectivity index (χ3n) is 3.24. The van der Waals surface area contributed by atoms with Gasteiger partial charge in [0.05, 0.1) is 6.54 Å². The summed E-state index contributed by atoms with van der Waals surface area (Å²) in [7, 11) is 3.27. The SMILES string of the molecule is CN(C)C(=O)CCCC(=O)N1CCC(F)(C(=O)O)C1. The van der Waals surface area contributed by atoms with Crippen molar-refractivity contribution in [1.82, 2.24) is 9.80 Å². The maximum absolute atomic E-state index is 13.7. The zero-order valence-corrected chi connectivity index (χ0v) is 11.2. The van der Waals surface area contributed by atoms with Crippen LogP contribution < -0.4 is 0 Å². The van der Waals surface area contributed by atoms with Crippen LogP contribution >= 0.6 is 0 Å². The average molecular weight is 274 g/mol. The van der Waals surface area contributed by atoms with Crippen LogP contribution in [0.15, 0.2) is 0 Å². The quantitative estimate of drug-likeness (QED) is 0.780. The fourth-order valence-corrected chi connectivity index (χ4v) is 1.93. The highest BCUT2D eigenvalue weighted by Gasteiger charge is 2.46. The van der Waals surface area contributed by atoms with Crippen molar-refractivity contribution in [3.05, 3.63) is 0 Å². The van der Waals surface area contributed by atoms with Crippen LogP contribution in [-0.2, 0) is 14.4 Å². The lowest BCUT2D eigenvalue weighted by molar-refractivity contribution is -0.150. The first-order chi connectivity index (χ1) is 8.76. The molecule has 0 saturated carbocycles. The van der Waals surface area contributed by atoms with Gasteiger partial charge in [-0.05, 0) is 6.42 Å². The Balaban J connectivity index is 2.36. The highest BCUT2D eigenvalue weighted by molar-refractivity contribution is 5.82. The van der Waals surface area contributed by atoms with E-state index >= 15 is 0 Å². The molecule has 2 amide bonds. The molecule has 1 atom stereocenters. The van der Waals surface area contributed by atoms with Crippen molar-refractivity contribution in [1.29, 1.82) is 0 Å². The van der Waals surface area contributed by atoms with Gasteiger partial charge in [0.2, 0.25) is 17.5 Å². The van der Waals surface area contributed by atoms with E-state index in [9.17, 15) is 18.8 Å². The normalized spacial score (nSPS) is 22.4. The molecule has 1 fully saturated rings. The topological polar surface area (TPSA) is 77.9 Å². The van der Waals surface area contributed by atoms with Crippen LogP contribution in [0.5, 0.6) is 0 Å². The Bertz CT molecular complexity index is 386. The molecule has 1 saturated heterocycles. The Morgan fingerprint density at radius 1 is 1.32 bits per heavy atom. The molecule has 108 valence electrons. The molecule has 0 aromatic heterocycles. The zero-order chi connectivity index (χ0) is 14.6. The summed E-state index contributed by atoms with van der Waals surface area (Å²) in [4.78, 5) is 36.4. The highest BCUT2D eigenvalue weighted by atomic mass is 19.1. The van der Waals surface area contributed by atoms with Crippen molar-refractivity contribution in [3.8, 4) is 0 Å². The van der Waals surface area contributed by atoms with Gasteiger partial charge in [0, 0.05) is 39.9 Å². The second-order valence-corrected chi connectivity index (χ2v) is 4.98. The number of hydrogen-bond acceptors (Lipinski definition) is 3. The second kappa shape index (κ2) is 5.99. The summed E-state index contributed by atoms with van der Waals surface area (Å²) in [6.07, 6.45) is 0.602. The predicted molar refractivity (Wildman–Crippen MR) is 65.2 cm³/mol. The van der Waals surface area contributed by atoms with Crippen molar-refractivity contribution >= 4 is 17.8 Å². The van der Waals surface area contributed by atoms with Crippen LogP contribution in [0.1, 0.15) is 25.7 Å². The van der Waals surface area contributed by atoms with Crippen LogP contribution in [0, 0.1) is 0 Å². The number of halogens is 1. The van der Waals surface area contributed by atoms with E-state index in [0.29, 0.717) is 6.42 Å². The lowest BCUT2D eigenvalue weighted by Gasteiger charge is -2.17. The number of aliphatic carboxylic acids is 1. The molecule has 7 heteroatoms. The monoisotopic (exact) mass is 274 g/mol. The molecule has 0 spiro atoms. The first kappa shape index (κ1) is 15.4. The smallest absolute Gasteiger partial charge is 0.343 e. The Morgan fingerprint density at radius 2 is 1.95 bits per heavy atom. The number of hydrogen-bond donors (Lipinski definition) is 1. The predicted octanol–water partition coefficient (Wildman–Crippen LogP) is 0.270. The molecule has 0 radical (unpaired) electrons. The van der Waals surface area contributed by atoms with E-state index in [2.05, 4.69) is 0 Å². The summed E-state index contributed by atoms with van der Waals surface area (Å²) in [5.41, 5.74) is -2.32. The van der Waals surface area contributed by atoms with Crippen molar-refractivity contribution in [2.24, 2.45) is 0 Å². The third-order valence-corrected chi connectivity index (χ3v) is 3.24. The minimum atomic E-state index is -2.32. The molecular formula is C12H19FN2O4. The van der Waals surface area contributed by atoms with E-state index in [0.717, 1.165) is 0 Å². The van der Waals surface area contributed by atoms with Gasteiger partial charge in [-0.3, -0.25) is 9.59 Å². The molecule has 1 aliphatic rings. The molecular weight excluding hydrogens is 255 g/mol. The largest absolute Gasteiger partial charge is 0.479 e. The molecule has 1 heterocycles. The van der Waals surface area contributed by atoms with Crippen LogP contribution in [0.25, 0.3) is 0 Å². The number of carbonyl (C=O) groups is 3. The van der Waals surface area contributed by atoms with E-state index in [1.807, 2.05) is 0 Å². The maximum atomic E-state index is 13.7. The van der Waals surface area contributed by atoms with Crippen molar-refractivity contribution in [2.75, 3.05) is 27.2 Å². The van der Waals surface area contributed by atoms with Crippen LogP contribution in [0.2, 0.25) is 0 Å². The van der Waals surface area contributed by atoms with Gasteiger partial charge in [0.15, 0.2) is 0 Å². The molecule has 1 N–H and O–H groups in total. The van der Waals surface area contributed by atoms with Gasteiger partial charge in [-0.15, -0.1) is 0 Å². The molecule has 0 aromatic rings. The minimum absolute atomic E-state index is 0.0698. The summed E-state index contributed by atoms with van der Waals surface area (Å²) >= 11 is 0. The summed E-state index contributed by atoms with van der Waals surface area (Å²) < 4.78 is 13.7. The number of carboxylic acids is 1. The van der Waals surface area contributed by atoms with Gasteiger partial charge in [0.25, 0.3) is 0 Å². The molecule has 1 rings (SSSR count). The third kappa shape index (κ3) is 3.90.